The quantitative estimate of drug-likeness (QED) is 0.913. The van der Waals surface area contributed by atoms with Crippen molar-refractivity contribution in [2.24, 2.45) is 0 Å². The normalized spacial score (nSPS) is 9.69. The van der Waals surface area contributed by atoms with Gasteiger partial charge in [-0.05, 0) is 23.3 Å². The highest BCUT2D eigenvalue weighted by Gasteiger charge is 2.06. The van der Waals surface area contributed by atoms with Crippen molar-refractivity contribution in [3.8, 4) is 6.07 Å². The van der Waals surface area contributed by atoms with E-state index in [2.05, 4.69) is 37.9 Å². The Bertz CT molecular complexity index is 334. The minimum Gasteiger partial charge on any atom is -0.392 e. The first-order valence-electron chi connectivity index (χ1n) is 3.63. The van der Waals surface area contributed by atoms with Gasteiger partial charge in [0.1, 0.15) is 0 Å². The van der Waals surface area contributed by atoms with E-state index < -0.39 is 0 Å². The maximum atomic E-state index is 8.90. The second kappa shape index (κ2) is 4.75. The number of aliphatic hydroxyl groups is 1. The van der Waals surface area contributed by atoms with Crippen molar-refractivity contribution in [3.05, 3.63) is 32.2 Å². The molecule has 0 saturated heterocycles. The summed E-state index contributed by atoms with van der Waals surface area (Å²) in [6.45, 7) is 0.00400. The van der Waals surface area contributed by atoms with Crippen LogP contribution in [0, 0.1) is 11.3 Å². The van der Waals surface area contributed by atoms with Crippen molar-refractivity contribution < 1.29 is 5.11 Å². The first kappa shape index (κ1) is 10.7. The van der Waals surface area contributed by atoms with E-state index in [1.165, 1.54) is 0 Å². The second-order valence-electron chi connectivity index (χ2n) is 2.53. The molecule has 1 N–H and O–H groups in total. The number of rotatable bonds is 2. The van der Waals surface area contributed by atoms with Gasteiger partial charge in [0.2, 0.25) is 0 Å². The Morgan fingerprint density at radius 1 is 1.31 bits per heavy atom. The molecule has 0 atom stereocenters. The standard InChI is InChI=1S/C9H7Br2NO/c10-8-3-6(5-13)4-9(11)7(8)1-2-12/h3-4,13H,1,5H2. The van der Waals surface area contributed by atoms with Crippen LogP contribution in [0.25, 0.3) is 0 Å². The maximum absolute atomic E-state index is 8.90. The van der Waals surface area contributed by atoms with E-state index in [1.807, 2.05) is 12.1 Å². The Labute approximate surface area is 93.4 Å². The largest absolute Gasteiger partial charge is 0.392 e. The molecule has 0 amide bonds. The van der Waals surface area contributed by atoms with Crippen LogP contribution in [0.5, 0.6) is 0 Å². The molecule has 0 heterocycles. The minimum atomic E-state index is 0.00400. The fourth-order valence-corrected chi connectivity index (χ4v) is 2.56. The van der Waals surface area contributed by atoms with E-state index in [-0.39, 0.29) is 6.61 Å². The number of halogens is 2. The summed E-state index contributed by atoms with van der Waals surface area (Å²) in [7, 11) is 0. The lowest BCUT2D eigenvalue weighted by Crippen LogP contribution is -1.90. The molecular formula is C9H7Br2NO. The lowest BCUT2D eigenvalue weighted by molar-refractivity contribution is 0.281. The average Bonchev–Trinajstić information content (AvgIpc) is 2.11. The molecule has 0 aliphatic heterocycles. The SMILES string of the molecule is N#CCc1c(Br)cc(CO)cc1Br. The molecule has 2 nitrogen and oxygen atoms in total. The monoisotopic (exact) mass is 303 g/mol. The number of hydrogen-bond donors (Lipinski definition) is 1. The van der Waals surface area contributed by atoms with E-state index in [0.29, 0.717) is 6.42 Å². The highest BCUT2D eigenvalue weighted by atomic mass is 79.9. The fourth-order valence-electron chi connectivity index (χ4n) is 0.995. The first-order valence-corrected chi connectivity index (χ1v) is 5.22. The summed E-state index contributed by atoms with van der Waals surface area (Å²) in [5.74, 6) is 0. The molecule has 13 heavy (non-hydrogen) atoms. The molecule has 0 aliphatic rings. The molecule has 68 valence electrons. The number of hydrogen-bond acceptors (Lipinski definition) is 2. The highest BCUT2D eigenvalue weighted by Crippen LogP contribution is 2.27. The predicted molar refractivity (Wildman–Crippen MR) is 57.1 cm³/mol. The molecule has 0 unspecified atom stereocenters. The third kappa shape index (κ3) is 2.53. The van der Waals surface area contributed by atoms with Gasteiger partial charge in [-0.2, -0.15) is 5.26 Å². The van der Waals surface area contributed by atoms with Gasteiger partial charge in [-0.15, -0.1) is 0 Å². The summed E-state index contributed by atoms with van der Waals surface area (Å²) in [6.07, 6.45) is 0.354. The van der Waals surface area contributed by atoms with Gasteiger partial charge in [0.15, 0.2) is 0 Å². The topological polar surface area (TPSA) is 44.0 Å². The van der Waals surface area contributed by atoms with E-state index in [9.17, 15) is 0 Å². The fraction of sp³-hybridized carbons (Fsp3) is 0.222. The lowest BCUT2D eigenvalue weighted by atomic mass is 10.1. The molecule has 1 aromatic rings. The summed E-state index contributed by atoms with van der Waals surface area (Å²) in [6, 6.07) is 5.71. The van der Waals surface area contributed by atoms with E-state index in [4.69, 9.17) is 10.4 Å². The Hall–Kier alpha value is -0.370. The number of nitriles is 1. The zero-order chi connectivity index (χ0) is 9.84. The van der Waals surface area contributed by atoms with Crippen molar-refractivity contribution in [3.63, 3.8) is 0 Å². The zero-order valence-electron chi connectivity index (χ0n) is 6.72. The van der Waals surface area contributed by atoms with Crippen molar-refractivity contribution in [2.45, 2.75) is 13.0 Å². The predicted octanol–water partition coefficient (Wildman–Crippen LogP) is 2.77. The summed E-state index contributed by atoms with van der Waals surface area (Å²) >= 11 is 6.70. The molecule has 0 bridgehead atoms. The van der Waals surface area contributed by atoms with Crippen molar-refractivity contribution in [1.29, 1.82) is 5.26 Å². The molecule has 0 fully saturated rings. The lowest BCUT2D eigenvalue weighted by Gasteiger charge is -2.05. The molecular weight excluding hydrogens is 298 g/mol. The summed E-state index contributed by atoms with van der Waals surface area (Å²) in [5, 5.41) is 17.5. The van der Waals surface area contributed by atoms with Gasteiger partial charge in [0, 0.05) is 8.95 Å². The third-order valence-electron chi connectivity index (χ3n) is 1.64. The van der Waals surface area contributed by atoms with Gasteiger partial charge in [-0.1, -0.05) is 31.9 Å². The van der Waals surface area contributed by atoms with E-state index >= 15 is 0 Å². The molecule has 1 aromatic carbocycles. The maximum Gasteiger partial charge on any atom is 0.0682 e. The summed E-state index contributed by atoms with van der Waals surface area (Å²) < 4.78 is 1.71. The first-order chi connectivity index (χ1) is 6.19. The summed E-state index contributed by atoms with van der Waals surface area (Å²) in [4.78, 5) is 0. The number of aliphatic hydroxyl groups excluding tert-OH is 1. The molecule has 0 radical (unpaired) electrons. The second-order valence-corrected chi connectivity index (χ2v) is 4.24. The third-order valence-corrected chi connectivity index (χ3v) is 3.05. The molecule has 0 spiro atoms. The Kier molecular flexibility index (Phi) is 3.91. The van der Waals surface area contributed by atoms with Crippen LogP contribution in [0.3, 0.4) is 0 Å². The average molecular weight is 305 g/mol. The van der Waals surface area contributed by atoms with Crippen LogP contribution in [-0.2, 0) is 13.0 Å². The molecule has 0 saturated carbocycles. The molecule has 0 aliphatic carbocycles. The van der Waals surface area contributed by atoms with Gasteiger partial charge in [-0.3, -0.25) is 0 Å². The minimum absolute atomic E-state index is 0.00400. The van der Waals surface area contributed by atoms with Gasteiger partial charge in [-0.25, -0.2) is 0 Å². The van der Waals surface area contributed by atoms with Gasteiger partial charge in [0.05, 0.1) is 19.1 Å². The highest BCUT2D eigenvalue weighted by molar-refractivity contribution is 9.11. The Morgan fingerprint density at radius 2 is 1.85 bits per heavy atom. The van der Waals surface area contributed by atoms with Crippen LogP contribution in [-0.4, -0.2) is 5.11 Å². The van der Waals surface area contributed by atoms with E-state index in [0.717, 1.165) is 20.1 Å². The molecule has 0 aromatic heterocycles. The van der Waals surface area contributed by atoms with Crippen LogP contribution >= 0.6 is 31.9 Å². The van der Waals surface area contributed by atoms with Crippen molar-refractivity contribution >= 4 is 31.9 Å². The van der Waals surface area contributed by atoms with Crippen LogP contribution in [0.15, 0.2) is 21.1 Å². The van der Waals surface area contributed by atoms with Gasteiger partial charge < -0.3 is 5.11 Å². The summed E-state index contributed by atoms with van der Waals surface area (Å²) in [5.41, 5.74) is 1.74. The number of benzene rings is 1. The Balaban J connectivity index is 3.16. The smallest absolute Gasteiger partial charge is 0.0682 e. The van der Waals surface area contributed by atoms with Crippen LogP contribution < -0.4 is 0 Å². The molecule has 1 rings (SSSR count). The van der Waals surface area contributed by atoms with Crippen molar-refractivity contribution in [2.75, 3.05) is 0 Å². The molecule has 4 heteroatoms. The van der Waals surface area contributed by atoms with Gasteiger partial charge >= 0.3 is 0 Å². The van der Waals surface area contributed by atoms with Crippen LogP contribution in [0.2, 0.25) is 0 Å². The Morgan fingerprint density at radius 3 is 2.23 bits per heavy atom. The van der Waals surface area contributed by atoms with Crippen LogP contribution in [0.1, 0.15) is 11.1 Å². The number of nitrogens with zero attached hydrogens (tertiary/aromatic N) is 1. The van der Waals surface area contributed by atoms with Crippen molar-refractivity contribution in [1.82, 2.24) is 0 Å². The van der Waals surface area contributed by atoms with Gasteiger partial charge in [0.25, 0.3) is 0 Å². The van der Waals surface area contributed by atoms with E-state index in [1.54, 1.807) is 0 Å². The zero-order valence-corrected chi connectivity index (χ0v) is 9.89. The van der Waals surface area contributed by atoms with Crippen LogP contribution in [0.4, 0.5) is 0 Å².